The molecule has 0 saturated heterocycles. The Hall–Kier alpha value is -0.900. The van der Waals surface area contributed by atoms with E-state index >= 15 is 0 Å². The van der Waals surface area contributed by atoms with Gasteiger partial charge >= 0.3 is 0 Å². The minimum absolute atomic E-state index is 0.174. The minimum Gasteiger partial charge on any atom is -0.306 e. The second kappa shape index (κ2) is 6.51. The molecule has 0 aromatic heterocycles. The Bertz CT molecular complexity index is 557. The van der Waals surface area contributed by atoms with Crippen molar-refractivity contribution in [3.8, 4) is 0 Å². The Labute approximate surface area is 125 Å². The smallest absolute Gasteiger partial charge is 0.123 e. The zero-order chi connectivity index (χ0) is 13.8. The second-order valence-electron chi connectivity index (χ2n) is 4.39. The average Bonchev–Trinajstić information content (AvgIpc) is 2.40. The molecule has 1 unspecified atom stereocenters. The molecule has 4 heteroatoms. The largest absolute Gasteiger partial charge is 0.306 e. The summed E-state index contributed by atoms with van der Waals surface area (Å²) in [6.07, 6.45) is 0. The maximum atomic E-state index is 13.2. The Morgan fingerprint density at radius 1 is 1.21 bits per heavy atom. The molecule has 0 aliphatic rings. The molecule has 2 aromatic carbocycles. The summed E-state index contributed by atoms with van der Waals surface area (Å²) in [5, 5.41) is 4.09. The van der Waals surface area contributed by atoms with Gasteiger partial charge in [0.15, 0.2) is 0 Å². The van der Waals surface area contributed by atoms with E-state index in [1.165, 1.54) is 12.1 Å². The minimum atomic E-state index is -0.223. The summed E-state index contributed by atoms with van der Waals surface area (Å²) in [6.45, 7) is 2.67. The molecule has 1 N–H and O–H groups in total. The third-order valence-corrected chi connectivity index (χ3v) is 4.00. The molecule has 1 atom stereocenters. The van der Waals surface area contributed by atoms with Crippen molar-refractivity contribution >= 4 is 27.5 Å². The highest BCUT2D eigenvalue weighted by atomic mass is 79.9. The molecular weight excluding hydrogens is 329 g/mol. The van der Waals surface area contributed by atoms with Crippen molar-refractivity contribution in [2.24, 2.45) is 0 Å². The van der Waals surface area contributed by atoms with E-state index in [0.29, 0.717) is 6.54 Å². The lowest BCUT2D eigenvalue weighted by Gasteiger charge is -2.15. The SMILES string of the molecule is CC(NCc1cc(F)ccc1Br)c1ccc(Cl)cc1. The number of rotatable bonds is 4. The summed E-state index contributed by atoms with van der Waals surface area (Å²) in [7, 11) is 0. The number of benzene rings is 2. The molecule has 1 nitrogen and oxygen atoms in total. The van der Waals surface area contributed by atoms with Gasteiger partial charge in [-0.3, -0.25) is 0 Å². The van der Waals surface area contributed by atoms with Gasteiger partial charge in [-0.05, 0) is 48.4 Å². The van der Waals surface area contributed by atoms with E-state index < -0.39 is 0 Å². The summed E-state index contributed by atoms with van der Waals surface area (Å²) in [4.78, 5) is 0. The molecule has 0 saturated carbocycles. The number of hydrogen-bond donors (Lipinski definition) is 1. The third-order valence-electron chi connectivity index (χ3n) is 2.98. The first-order chi connectivity index (χ1) is 9.06. The van der Waals surface area contributed by atoms with Crippen molar-refractivity contribution in [2.75, 3.05) is 0 Å². The van der Waals surface area contributed by atoms with Crippen molar-refractivity contribution in [1.82, 2.24) is 5.32 Å². The molecular formula is C15H14BrClFN. The first-order valence-electron chi connectivity index (χ1n) is 5.99. The Kier molecular flexibility index (Phi) is 4.97. The zero-order valence-electron chi connectivity index (χ0n) is 10.5. The lowest BCUT2D eigenvalue weighted by Crippen LogP contribution is -2.18. The molecule has 0 spiro atoms. The van der Waals surface area contributed by atoms with Crippen molar-refractivity contribution < 1.29 is 4.39 Å². The van der Waals surface area contributed by atoms with E-state index in [4.69, 9.17) is 11.6 Å². The molecule has 19 heavy (non-hydrogen) atoms. The molecule has 0 aliphatic carbocycles. The predicted molar refractivity (Wildman–Crippen MR) is 80.8 cm³/mol. The molecule has 0 heterocycles. The molecule has 0 aliphatic heterocycles. The van der Waals surface area contributed by atoms with Gasteiger partial charge in [0.05, 0.1) is 0 Å². The molecule has 0 amide bonds. The molecule has 0 radical (unpaired) electrons. The monoisotopic (exact) mass is 341 g/mol. The molecule has 2 rings (SSSR count). The van der Waals surface area contributed by atoms with E-state index in [-0.39, 0.29) is 11.9 Å². The Morgan fingerprint density at radius 2 is 1.89 bits per heavy atom. The van der Waals surface area contributed by atoms with Crippen LogP contribution in [-0.4, -0.2) is 0 Å². The number of hydrogen-bond acceptors (Lipinski definition) is 1. The van der Waals surface area contributed by atoms with Crippen LogP contribution >= 0.6 is 27.5 Å². The number of halogens is 3. The molecule has 100 valence electrons. The van der Waals surface area contributed by atoms with Gasteiger partial charge in [0.1, 0.15) is 5.82 Å². The van der Waals surface area contributed by atoms with E-state index in [1.54, 1.807) is 6.07 Å². The quantitative estimate of drug-likeness (QED) is 0.816. The fourth-order valence-corrected chi connectivity index (χ4v) is 2.32. The normalized spacial score (nSPS) is 12.4. The molecule has 2 aromatic rings. The second-order valence-corrected chi connectivity index (χ2v) is 5.68. The van der Waals surface area contributed by atoms with Crippen LogP contribution in [0.25, 0.3) is 0 Å². The van der Waals surface area contributed by atoms with Crippen molar-refractivity contribution in [2.45, 2.75) is 19.5 Å². The maximum Gasteiger partial charge on any atom is 0.123 e. The predicted octanol–water partition coefficient (Wildman–Crippen LogP) is 5.09. The summed E-state index contributed by atoms with van der Waals surface area (Å²) < 4.78 is 14.1. The van der Waals surface area contributed by atoms with Gasteiger partial charge in [-0.25, -0.2) is 4.39 Å². The van der Waals surface area contributed by atoms with Crippen LogP contribution in [0.5, 0.6) is 0 Å². The van der Waals surface area contributed by atoms with E-state index in [9.17, 15) is 4.39 Å². The van der Waals surface area contributed by atoms with Gasteiger partial charge < -0.3 is 5.32 Å². The van der Waals surface area contributed by atoms with Crippen molar-refractivity contribution in [1.29, 1.82) is 0 Å². The zero-order valence-corrected chi connectivity index (χ0v) is 12.8. The summed E-state index contributed by atoms with van der Waals surface area (Å²) in [5.41, 5.74) is 2.05. The lowest BCUT2D eigenvalue weighted by molar-refractivity contribution is 0.568. The van der Waals surface area contributed by atoms with E-state index in [2.05, 4.69) is 28.2 Å². The van der Waals surface area contributed by atoms with Crippen LogP contribution in [-0.2, 0) is 6.54 Å². The van der Waals surface area contributed by atoms with Crippen LogP contribution in [0.1, 0.15) is 24.1 Å². The first kappa shape index (κ1) is 14.5. The first-order valence-corrected chi connectivity index (χ1v) is 7.16. The lowest BCUT2D eigenvalue weighted by atomic mass is 10.1. The van der Waals surface area contributed by atoms with E-state index in [0.717, 1.165) is 20.6 Å². The highest BCUT2D eigenvalue weighted by Gasteiger charge is 2.07. The summed E-state index contributed by atoms with van der Waals surface area (Å²) >= 11 is 9.28. The third kappa shape index (κ3) is 4.03. The highest BCUT2D eigenvalue weighted by molar-refractivity contribution is 9.10. The molecule has 0 bridgehead atoms. The standard InChI is InChI=1S/C15H14BrClFN/c1-10(11-2-4-13(17)5-3-11)19-9-12-8-14(18)6-7-15(12)16/h2-8,10,19H,9H2,1H3. The van der Waals surface area contributed by atoms with Crippen LogP contribution in [0.4, 0.5) is 4.39 Å². The van der Waals surface area contributed by atoms with Crippen LogP contribution in [0.15, 0.2) is 46.9 Å². The maximum absolute atomic E-state index is 13.2. The Morgan fingerprint density at radius 3 is 2.58 bits per heavy atom. The van der Waals surface area contributed by atoms with Gasteiger partial charge in [0.2, 0.25) is 0 Å². The van der Waals surface area contributed by atoms with E-state index in [1.807, 2.05) is 24.3 Å². The average molecular weight is 343 g/mol. The van der Waals surface area contributed by atoms with Gasteiger partial charge in [0, 0.05) is 22.1 Å². The van der Waals surface area contributed by atoms with Crippen LogP contribution in [0, 0.1) is 5.82 Å². The van der Waals surface area contributed by atoms with Crippen LogP contribution in [0.2, 0.25) is 5.02 Å². The van der Waals surface area contributed by atoms with Crippen LogP contribution in [0.3, 0.4) is 0 Å². The molecule has 0 fully saturated rings. The fourth-order valence-electron chi connectivity index (χ4n) is 1.81. The summed E-state index contributed by atoms with van der Waals surface area (Å²) in [5.74, 6) is -0.223. The topological polar surface area (TPSA) is 12.0 Å². The van der Waals surface area contributed by atoms with Gasteiger partial charge in [-0.1, -0.05) is 39.7 Å². The van der Waals surface area contributed by atoms with Gasteiger partial charge in [-0.15, -0.1) is 0 Å². The van der Waals surface area contributed by atoms with Crippen molar-refractivity contribution in [3.63, 3.8) is 0 Å². The fraction of sp³-hybridized carbons (Fsp3) is 0.200. The number of nitrogens with one attached hydrogen (secondary N) is 1. The van der Waals surface area contributed by atoms with Crippen LogP contribution < -0.4 is 5.32 Å². The Balaban J connectivity index is 2.02. The van der Waals surface area contributed by atoms with Gasteiger partial charge in [-0.2, -0.15) is 0 Å². The summed E-state index contributed by atoms with van der Waals surface area (Å²) in [6, 6.07) is 12.6. The highest BCUT2D eigenvalue weighted by Crippen LogP contribution is 2.20. The van der Waals surface area contributed by atoms with Gasteiger partial charge in [0.25, 0.3) is 0 Å². The van der Waals surface area contributed by atoms with Crippen molar-refractivity contribution in [3.05, 3.63) is 68.9 Å².